The van der Waals surface area contributed by atoms with Crippen molar-refractivity contribution < 1.29 is 9.96 Å². The molecule has 11 heavy (non-hydrogen) atoms. The summed E-state index contributed by atoms with van der Waals surface area (Å²) in [5, 5.41) is 0. The zero-order valence-corrected chi connectivity index (χ0v) is 8.17. The Balaban J connectivity index is 0. The first-order valence-corrected chi connectivity index (χ1v) is 4.24. The van der Waals surface area contributed by atoms with E-state index in [-0.39, 0.29) is 11.6 Å². The third-order valence-corrected chi connectivity index (χ3v) is 2.75. The maximum atomic E-state index is 5.88. The van der Waals surface area contributed by atoms with E-state index >= 15 is 0 Å². The molecular formula is C8H22N2O. The Hall–Kier alpha value is -0.120. The molecule has 1 unspecified atom stereocenters. The fraction of sp³-hybridized carbons (Fsp3) is 1.00. The maximum Gasteiger partial charge on any atom is 0.137 e. The van der Waals surface area contributed by atoms with E-state index in [1.165, 1.54) is 0 Å². The van der Waals surface area contributed by atoms with E-state index in [9.17, 15) is 0 Å². The van der Waals surface area contributed by atoms with Crippen molar-refractivity contribution in [2.24, 2.45) is 5.73 Å². The monoisotopic (exact) mass is 162 g/mol. The molecule has 3 heteroatoms. The average molecular weight is 162 g/mol. The van der Waals surface area contributed by atoms with Gasteiger partial charge in [0.2, 0.25) is 0 Å². The van der Waals surface area contributed by atoms with Gasteiger partial charge < -0.3 is 9.96 Å². The Kier molecular flexibility index (Phi) is 6.76. The van der Waals surface area contributed by atoms with Crippen LogP contribution < -0.4 is 5.73 Å². The van der Waals surface area contributed by atoms with Gasteiger partial charge in [0, 0.05) is 6.92 Å². The average Bonchev–Trinajstić information content (AvgIpc) is 1.92. The van der Waals surface area contributed by atoms with Gasteiger partial charge in [0.1, 0.15) is 6.17 Å². The molecule has 0 rings (SSSR count). The van der Waals surface area contributed by atoms with Crippen LogP contribution in [0.15, 0.2) is 0 Å². The molecule has 1 atom stereocenters. The summed E-state index contributed by atoms with van der Waals surface area (Å²) < 4.78 is 1.04. The Morgan fingerprint density at radius 1 is 1.09 bits per heavy atom. The van der Waals surface area contributed by atoms with Crippen LogP contribution in [-0.2, 0) is 0 Å². The van der Waals surface area contributed by atoms with Gasteiger partial charge in [-0.2, -0.15) is 0 Å². The minimum atomic E-state index is 0. The van der Waals surface area contributed by atoms with E-state index < -0.39 is 0 Å². The fourth-order valence-corrected chi connectivity index (χ4v) is 1.53. The second-order valence-corrected chi connectivity index (χ2v) is 2.91. The molecule has 0 fully saturated rings. The molecule has 0 aromatic carbocycles. The first-order chi connectivity index (χ1) is 4.63. The van der Waals surface area contributed by atoms with Crippen LogP contribution in [0.4, 0.5) is 0 Å². The smallest absolute Gasteiger partial charge is 0.137 e. The van der Waals surface area contributed by atoms with Gasteiger partial charge in [0.25, 0.3) is 0 Å². The summed E-state index contributed by atoms with van der Waals surface area (Å²) in [5.74, 6) is 0. The second-order valence-electron chi connectivity index (χ2n) is 2.91. The van der Waals surface area contributed by atoms with Gasteiger partial charge in [-0.05, 0) is 20.8 Å². The van der Waals surface area contributed by atoms with Gasteiger partial charge in [0.15, 0.2) is 0 Å². The quantitative estimate of drug-likeness (QED) is 0.495. The number of hydrogen-bond donors (Lipinski definition) is 1. The third-order valence-electron chi connectivity index (χ3n) is 2.75. The molecule has 0 radical (unpaired) electrons. The van der Waals surface area contributed by atoms with Crippen LogP contribution in [0, 0.1) is 0 Å². The first kappa shape index (κ1) is 13.5. The van der Waals surface area contributed by atoms with Crippen LogP contribution in [-0.4, -0.2) is 35.8 Å². The summed E-state index contributed by atoms with van der Waals surface area (Å²) in [4.78, 5) is 0. The molecule has 3 nitrogen and oxygen atoms in total. The standard InChI is InChI=1S/C8H21N2.H2O/c1-5-10(6-2,7-3)8(4)9;/h8H,5-7,9H2,1-4H3;1H2/q+1;/p-1. The number of quaternary nitrogens is 1. The Morgan fingerprint density at radius 2 is 1.36 bits per heavy atom. The Bertz CT molecular complexity index is 81.8. The lowest BCUT2D eigenvalue weighted by Crippen LogP contribution is -2.57. The summed E-state index contributed by atoms with van der Waals surface area (Å²) in [6, 6.07) is 0. The largest absolute Gasteiger partial charge is 0.870 e. The summed E-state index contributed by atoms with van der Waals surface area (Å²) >= 11 is 0. The summed E-state index contributed by atoms with van der Waals surface area (Å²) in [7, 11) is 0. The van der Waals surface area contributed by atoms with Crippen molar-refractivity contribution in [3.05, 3.63) is 0 Å². The molecule has 0 saturated heterocycles. The van der Waals surface area contributed by atoms with Crippen molar-refractivity contribution in [1.82, 2.24) is 0 Å². The van der Waals surface area contributed by atoms with Crippen molar-refractivity contribution in [1.29, 1.82) is 0 Å². The third kappa shape index (κ3) is 2.77. The molecule has 0 aromatic rings. The van der Waals surface area contributed by atoms with Crippen LogP contribution in [0.25, 0.3) is 0 Å². The van der Waals surface area contributed by atoms with E-state index in [2.05, 4.69) is 27.7 Å². The number of nitrogens with two attached hydrogens (primary N) is 1. The van der Waals surface area contributed by atoms with Crippen molar-refractivity contribution >= 4 is 0 Å². The van der Waals surface area contributed by atoms with E-state index in [0.29, 0.717) is 0 Å². The van der Waals surface area contributed by atoms with Gasteiger partial charge >= 0.3 is 0 Å². The fourth-order valence-electron chi connectivity index (χ4n) is 1.53. The minimum absolute atomic E-state index is 0. The molecule has 70 valence electrons. The molecular weight excluding hydrogens is 140 g/mol. The van der Waals surface area contributed by atoms with Crippen LogP contribution in [0.3, 0.4) is 0 Å². The molecule has 0 aliphatic carbocycles. The normalized spacial score (nSPS) is 13.9. The molecule has 3 N–H and O–H groups in total. The summed E-state index contributed by atoms with van der Waals surface area (Å²) in [6.45, 7) is 12.1. The van der Waals surface area contributed by atoms with E-state index in [1.54, 1.807) is 0 Å². The van der Waals surface area contributed by atoms with Gasteiger partial charge in [-0.3, -0.25) is 5.73 Å². The van der Waals surface area contributed by atoms with Crippen LogP contribution >= 0.6 is 0 Å². The van der Waals surface area contributed by atoms with Crippen molar-refractivity contribution in [3.63, 3.8) is 0 Å². The lowest BCUT2D eigenvalue weighted by molar-refractivity contribution is -0.944. The molecule has 0 bridgehead atoms. The Morgan fingerprint density at radius 3 is 1.36 bits per heavy atom. The molecule has 0 saturated carbocycles. The van der Waals surface area contributed by atoms with Crippen molar-refractivity contribution in [2.75, 3.05) is 19.6 Å². The zero-order valence-electron chi connectivity index (χ0n) is 8.17. The highest BCUT2D eigenvalue weighted by Gasteiger charge is 2.24. The zero-order chi connectivity index (χ0) is 8.20. The lowest BCUT2D eigenvalue weighted by Gasteiger charge is -2.39. The highest BCUT2D eigenvalue weighted by molar-refractivity contribution is 4.41. The number of nitrogens with zero attached hydrogens (tertiary/aromatic N) is 1. The highest BCUT2D eigenvalue weighted by Crippen LogP contribution is 2.07. The maximum absolute atomic E-state index is 5.88. The van der Waals surface area contributed by atoms with Gasteiger partial charge in [-0.15, -0.1) is 0 Å². The predicted octanol–water partition coefficient (Wildman–Crippen LogP) is 0.991. The number of rotatable bonds is 4. The molecule has 0 aliphatic rings. The molecule has 0 aromatic heterocycles. The van der Waals surface area contributed by atoms with E-state index in [1.807, 2.05) is 0 Å². The lowest BCUT2D eigenvalue weighted by atomic mass is 10.3. The molecule has 0 spiro atoms. The first-order valence-electron chi connectivity index (χ1n) is 4.24. The van der Waals surface area contributed by atoms with Crippen molar-refractivity contribution in [3.8, 4) is 0 Å². The summed E-state index contributed by atoms with van der Waals surface area (Å²) in [6.07, 6.45) is 0.278. The van der Waals surface area contributed by atoms with Gasteiger partial charge in [0.05, 0.1) is 19.6 Å². The second kappa shape index (κ2) is 5.52. The van der Waals surface area contributed by atoms with Crippen LogP contribution in [0.2, 0.25) is 0 Å². The van der Waals surface area contributed by atoms with Crippen molar-refractivity contribution in [2.45, 2.75) is 33.9 Å². The highest BCUT2D eigenvalue weighted by atomic mass is 16.0. The molecule has 0 aliphatic heterocycles. The Labute approximate surface area is 70.1 Å². The SMILES string of the molecule is CC[N+](CC)(CC)C(C)N.[OH-]. The van der Waals surface area contributed by atoms with E-state index in [0.717, 1.165) is 24.1 Å². The van der Waals surface area contributed by atoms with Gasteiger partial charge in [-0.25, -0.2) is 0 Å². The van der Waals surface area contributed by atoms with Gasteiger partial charge in [-0.1, -0.05) is 0 Å². The van der Waals surface area contributed by atoms with E-state index in [4.69, 9.17) is 5.73 Å². The summed E-state index contributed by atoms with van der Waals surface area (Å²) in [5.41, 5.74) is 5.88. The molecule has 0 heterocycles. The van der Waals surface area contributed by atoms with Crippen LogP contribution in [0.1, 0.15) is 27.7 Å². The predicted molar refractivity (Wildman–Crippen MR) is 47.5 cm³/mol. The van der Waals surface area contributed by atoms with Crippen LogP contribution in [0.5, 0.6) is 0 Å². The molecule has 0 amide bonds. The number of hydrogen-bond acceptors (Lipinski definition) is 2. The topological polar surface area (TPSA) is 56.0 Å². The minimum Gasteiger partial charge on any atom is -0.870 e.